The first kappa shape index (κ1) is 18.4. The summed E-state index contributed by atoms with van der Waals surface area (Å²) in [5, 5.41) is 18.0. The molecule has 9 heteroatoms. The summed E-state index contributed by atoms with van der Waals surface area (Å²) in [6.07, 6.45) is -1.68. The molecule has 1 aromatic carbocycles. The molecule has 0 fully saturated rings. The minimum Gasteiger partial charge on any atom is -0.497 e. The number of anilines is 1. The first-order valence-corrected chi connectivity index (χ1v) is 7.38. The van der Waals surface area contributed by atoms with Gasteiger partial charge in [0.25, 0.3) is 5.91 Å². The molecular weight excluding hydrogens is 336 g/mol. The van der Waals surface area contributed by atoms with Crippen LogP contribution in [0, 0.1) is 0 Å². The Morgan fingerprint density at radius 2 is 2.08 bits per heavy atom. The van der Waals surface area contributed by atoms with Crippen LogP contribution in [0.5, 0.6) is 5.75 Å². The minimum atomic E-state index is -2.53. The molecule has 3 N–H and O–H groups in total. The van der Waals surface area contributed by atoms with E-state index in [0.29, 0.717) is 5.75 Å². The number of carbonyl (C=O) groups is 2. The summed E-state index contributed by atoms with van der Waals surface area (Å²) in [5.74, 6) is -2.16. The van der Waals surface area contributed by atoms with Crippen LogP contribution in [0.4, 0.5) is 14.5 Å². The Hall–Kier alpha value is -2.97. The summed E-state index contributed by atoms with van der Waals surface area (Å²) in [6.45, 7) is 1.54. The van der Waals surface area contributed by atoms with E-state index < -0.39 is 30.6 Å². The zero-order valence-corrected chi connectivity index (χ0v) is 13.5. The fraction of sp³-hybridized carbons (Fsp3) is 0.312. The van der Waals surface area contributed by atoms with E-state index in [4.69, 9.17) is 4.74 Å². The highest BCUT2D eigenvalue weighted by atomic mass is 19.3. The molecule has 0 saturated carbocycles. The molecule has 0 saturated heterocycles. The molecule has 0 spiro atoms. The zero-order valence-electron chi connectivity index (χ0n) is 13.5. The maximum Gasteiger partial charge on any atom is 0.337 e. The van der Waals surface area contributed by atoms with E-state index in [9.17, 15) is 23.5 Å². The van der Waals surface area contributed by atoms with E-state index in [2.05, 4.69) is 15.5 Å². The Morgan fingerprint density at radius 1 is 1.36 bits per heavy atom. The number of aromatic amines is 1. The Labute approximate surface area is 142 Å². The molecule has 1 unspecified atom stereocenters. The second-order valence-corrected chi connectivity index (χ2v) is 5.38. The summed E-state index contributed by atoms with van der Waals surface area (Å²) in [4.78, 5) is 23.8. The monoisotopic (exact) mass is 353 g/mol. The number of carbonyl (C=O) groups excluding carboxylic acids is 1. The molecule has 2 rings (SSSR count). The van der Waals surface area contributed by atoms with Gasteiger partial charge < -0.3 is 15.2 Å². The fourth-order valence-electron chi connectivity index (χ4n) is 2.37. The molecular formula is C16H17F2N3O4. The number of nitrogens with one attached hydrogen (secondary N) is 2. The Morgan fingerprint density at radius 3 is 2.68 bits per heavy atom. The number of aromatic carboxylic acids is 1. The number of methoxy groups -OCH3 is 1. The number of carboxylic acids is 1. The van der Waals surface area contributed by atoms with E-state index in [0.717, 1.165) is 0 Å². The standard InChI is InChI=1S/C16H17F2N3O4/c1-8(5-13(17)18)14-11(7-19-21-14)15(22)20-12-6-9(25-2)3-4-10(12)16(23)24/h3-4,6-8,13H,5H2,1-2H3,(H,19,21)(H,20,22)(H,23,24). The van der Waals surface area contributed by atoms with E-state index in [-0.39, 0.29) is 22.5 Å². The van der Waals surface area contributed by atoms with Crippen LogP contribution >= 0.6 is 0 Å². The van der Waals surface area contributed by atoms with Crippen LogP contribution in [0.2, 0.25) is 0 Å². The fourth-order valence-corrected chi connectivity index (χ4v) is 2.37. The van der Waals surface area contributed by atoms with Gasteiger partial charge in [0.15, 0.2) is 0 Å². The number of hydrogen-bond donors (Lipinski definition) is 3. The van der Waals surface area contributed by atoms with Crippen LogP contribution in [0.1, 0.15) is 45.7 Å². The number of amides is 1. The number of aromatic nitrogens is 2. The summed E-state index contributed by atoms with van der Waals surface area (Å²) >= 11 is 0. The molecule has 1 heterocycles. The van der Waals surface area contributed by atoms with Crippen LogP contribution in [-0.2, 0) is 0 Å². The van der Waals surface area contributed by atoms with Gasteiger partial charge in [-0.2, -0.15) is 5.10 Å². The molecule has 1 atom stereocenters. The topological polar surface area (TPSA) is 104 Å². The molecule has 0 radical (unpaired) electrons. The highest BCUT2D eigenvalue weighted by molar-refractivity contribution is 6.08. The van der Waals surface area contributed by atoms with Crippen LogP contribution in [0.15, 0.2) is 24.4 Å². The molecule has 0 aliphatic carbocycles. The lowest BCUT2D eigenvalue weighted by molar-refractivity contribution is 0.0698. The Balaban J connectivity index is 2.29. The van der Waals surface area contributed by atoms with E-state index in [1.54, 1.807) is 0 Å². The first-order valence-electron chi connectivity index (χ1n) is 7.38. The third-order valence-corrected chi connectivity index (χ3v) is 3.62. The third-order valence-electron chi connectivity index (χ3n) is 3.62. The van der Waals surface area contributed by atoms with Gasteiger partial charge in [0.2, 0.25) is 6.43 Å². The highest BCUT2D eigenvalue weighted by Gasteiger charge is 2.23. The number of nitrogens with zero attached hydrogens (tertiary/aromatic N) is 1. The lowest BCUT2D eigenvalue weighted by Gasteiger charge is -2.12. The van der Waals surface area contributed by atoms with Gasteiger partial charge in [-0.15, -0.1) is 0 Å². The van der Waals surface area contributed by atoms with Crippen molar-refractivity contribution in [1.82, 2.24) is 10.2 Å². The Kier molecular flexibility index (Phi) is 5.68. The van der Waals surface area contributed by atoms with Crippen molar-refractivity contribution in [3.63, 3.8) is 0 Å². The maximum absolute atomic E-state index is 12.6. The minimum absolute atomic E-state index is 0.0329. The molecule has 0 aliphatic rings. The lowest BCUT2D eigenvalue weighted by atomic mass is 10.00. The largest absolute Gasteiger partial charge is 0.497 e. The van der Waals surface area contributed by atoms with Gasteiger partial charge in [-0.05, 0) is 12.1 Å². The molecule has 0 bridgehead atoms. The van der Waals surface area contributed by atoms with E-state index in [1.165, 1.54) is 38.4 Å². The second kappa shape index (κ2) is 7.73. The van der Waals surface area contributed by atoms with Crippen molar-refractivity contribution >= 4 is 17.6 Å². The van der Waals surface area contributed by atoms with Gasteiger partial charge in [-0.3, -0.25) is 9.89 Å². The third kappa shape index (κ3) is 4.31. The maximum atomic E-state index is 12.6. The Bertz CT molecular complexity index is 776. The van der Waals surface area contributed by atoms with Crippen molar-refractivity contribution in [2.45, 2.75) is 25.7 Å². The van der Waals surface area contributed by atoms with Gasteiger partial charge in [0, 0.05) is 24.6 Å². The van der Waals surface area contributed by atoms with Gasteiger partial charge in [-0.1, -0.05) is 6.92 Å². The zero-order chi connectivity index (χ0) is 18.6. The number of hydrogen-bond acceptors (Lipinski definition) is 4. The molecule has 7 nitrogen and oxygen atoms in total. The normalized spacial score (nSPS) is 12.0. The lowest BCUT2D eigenvalue weighted by Crippen LogP contribution is -2.17. The van der Waals surface area contributed by atoms with Gasteiger partial charge in [0.05, 0.1) is 29.6 Å². The average Bonchev–Trinajstić information content (AvgIpc) is 3.03. The molecule has 2 aromatic rings. The van der Waals surface area contributed by atoms with E-state index in [1.807, 2.05) is 0 Å². The van der Waals surface area contributed by atoms with Crippen molar-refractivity contribution in [2.24, 2.45) is 0 Å². The molecule has 1 amide bonds. The van der Waals surface area contributed by atoms with Crippen LogP contribution in [0.3, 0.4) is 0 Å². The van der Waals surface area contributed by atoms with Gasteiger partial charge >= 0.3 is 5.97 Å². The smallest absolute Gasteiger partial charge is 0.337 e. The number of alkyl halides is 2. The molecule has 134 valence electrons. The highest BCUT2D eigenvalue weighted by Crippen LogP contribution is 2.26. The number of halogens is 2. The number of carboxylic acid groups (broad SMARTS) is 1. The number of H-pyrrole nitrogens is 1. The molecule has 0 aliphatic heterocycles. The summed E-state index contributed by atoms with van der Waals surface area (Å²) in [6, 6.07) is 4.11. The van der Waals surface area contributed by atoms with Crippen LogP contribution in [-0.4, -0.2) is 40.7 Å². The van der Waals surface area contributed by atoms with Crippen molar-refractivity contribution in [2.75, 3.05) is 12.4 Å². The van der Waals surface area contributed by atoms with Crippen molar-refractivity contribution in [3.8, 4) is 5.75 Å². The van der Waals surface area contributed by atoms with Crippen molar-refractivity contribution < 1.29 is 28.2 Å². The van der Waals surface area contributed by atoms with Crippen LogP contribution in [0.25, 0.3) is 0 Å². The van der Waals surface area contributed by atoms with Gasteiger partial charge in [-0.25, -0.2) is 13.6 Å². The van der Waals surface area contributed by atoms with Crippen molar-refractivity contribution in [1.29, 1.82) is 0 Å². The summed E-state index contributed by atoms with van der Waals surface area (Å²) in [7, 11) is 1.40. The van der Waals surface area contributed by atoms with Crippen molar-refractivity contribution in [3.05, 3.63) is 41.2 Å². The van der Waals surface area contributed by atoms with E-state index >= 15 is 0 Å². The first-order chi connectivity index (χ1) is 11.8. The SMILES string of the molecule is COc1ccc(C(=O)O)c(NC(=O)c2c[nH]nc2C(C)CC(F)F)c1. The summed E-state index contributed by atoms with van der Waals surface area (Å²) in [5.41, 5.74) is 0.176. The number of benzene rings is 1. The predicted molar refractivity (Wildman–Crippen MR) is 85.5 cm³/mol. The predicted octanol–water partition coefficient (Wildman–Crippen LogP) is 3.13. The number of ether oxygens (including phenoxy) is 1. The molecule has 25 heavy (non-hydrogen) atoms. The molecule has 1 aromatic heterocycles. The quantitative estimate of drug-likeness (QED) is 0.709. The van der Waals surface area contributed by atoms with Crippen LogP contribution < -0.4 is 10.1 Å². The number of rotatable bonds is 7. The average molecular weight is 353 g/mol. The summed E-state index contributed by atoms with van der Waals surface area (Å²) < 4.78 is 30.1. The second-order valence-electron chi connectivity index (χ2n) is 5.38. The van der Waals surface area contributed by atoms with Gasteiger partial charge in [0.1, 0.15) is 5.75 Å².